The predicted molar refractivity (Wildman–Crippen MR) is 72.3 cm³/mol. The standard InChI is InChI=1S/C14H18N4O/c1-10-8-17(9-12(19-10)11-5-6-11)14-15-13-4-2-3-7-18(13)16-14/h2-4,7,10-12H,5-6,8-9H2,1H3/t10-,12+/m1/s1. The second-order valence-corrected chi connectivity index (χ2v) is 5.64. The van der Waals surface area contributed by atoms with E-state index < -0.39 is 0 Å². The van der Waals surface area contributed by atoms with E-state index in [0.29, 0.717) is 6.10 Å². The van der Waals surface area contributed by atoms with Crippen molar-refractivity contribution in [3.05, 3.63) is 24.4 Å². The summed E-state index contributed by atoms with van der Waals surface area (Å²) in [7, 11) is 0. The molecule has 0 radical (unpaired) electrons. The topological polar surface area (TPSA) is 42.7 Å². The van der Waals surface area contributed by atoms with Crippen LogP contribution in [0.15, 0.2) is 24.4 Å². The van der Waals surface area contributed by atoms with Gasteiger partial charge in [-0.05, 0) is 37.8 Å². The third-order valence-corrected chi connectivity index (χ3v) is 3.95. The summed E-state index contributed by atoms with van der Waals surface area (Å²) in [4.78, 5) is 6.88. The van der Waals surface area contributed by atoms with E-state index >= 15 is 0 Å². The highest BCUT2D eigenvalue weighted by Crippen LogP contribution is 2.37. The normalized spacial score (nSPS) is 27.9. The van der Waals surface area contributed by atoms with Crippen molar-refractivity contribution in [1.82, 2.24) is 14.6 Å². The van der Waals surface area contributed by atoms with Gasteiger partial charge in [0.05, 0.1) is 12.2 Å². The number of nitrogens with zero attached hydrogens (tertiary/aromatic N) is 4. The number of anilines is 1. The van der Waals surface area contributed by atoms with Crippen molar-refractivity contribution >= 4 is 11.6 Å². The Morgan fingerprint density at radius 2 is 2.16 bits per heavy atom. The molecule has 0 bridgehead atoms. The Kier molecular flexibility index (Phi) is 2.48. The molecule has 0 unspecified atom stereocenters. The van der Waals surface area contributed by atoms with Crippen molar-refractivity contribution in [1.29, 1.82) is 0 Å². The molecule has 1 aliphatic heterocycles. The minimum atomic E-state index is 0.256. The van der Waals surface area contributed by atoms with Crippen LogP contribution in [0.25, 0.3) is 5.65 Å². The van der Waals surface area contributed by atoms with Gasteiger partial charge in [-0.25, -0.2) is 4.52 Å². The Morgan fingerprint density at radius 1 is 1.26 bits per heavy atom. The van der Waals surface area contributed by atoms with E-state index in [1.165, 1.54) is 12.8 Å². The number of rotatable bonds is 2. The summed E-state index contributed by atoms with van der Waals surface area (Å²) in [5, 5.41) is 4.56. The molecular formula is C14H18N4O. The lowest BCUT2D eigenvalue weighted by Crippen LogP contribution is -2.48. The van der Waals surface area contributed by atoms with E-state index in [0.717, 1.165) is 30.6 Å². The molecule has 2 aliphatic rings. The van der Waals surface area contributed by atoms with Crippen molar-refractivity contribution in [2.24, 2.45) is 5.92 Å². The van der Waals surface area contributed by atoms with Gasteiger partial charge in [-0.15, -0.1) is 5.10 Å². The van der Waals surface area contributed by atoms with Crippen LogP contribution >= 0.6 is 0 Å². The summed E-state index contributed by atoms with van der Waals surface area (Å²) in [6, 6.07) is 5.95. The quantitative estimate of drug-likeness (QED) is 0.823. The van der Waals surface area contributed by atoms with E-state index in [-0.39, 0.29) is 6.10 Å². The van der Waals surface area contributed by atoms with Gasteiger partial charge < -0.3 is 9.64 Å². The molecule has 1 aliphatic carbocycles. The average Bonchev–Trinajstić information content (AvgIpc) is 3.17. The number of ether oxygens (including phenoxy) is 1. The molecule has 100 valence electrons. The molecule has 0 amide bonds. The second kappa shape index (κ2) is 4.20. The SMILES string of the molecule is C[C@@H]1CN(c2nc3ccccn3n2)C[C@@H](C2CC2)O1. The zero-order chi connectivity index (χ0) is 12.8. The van der Waals surface area contributed by atoms with Crippen molar-refractivity contribution in [2.45, 2.75) is 32.0 Å². The van der Waals surface area contributed by atoms with Gasteiger partial charge in [0.1, 0.15) is 0 Å². The predicted octanol–water partition coefficient (Wildman–Crippen LogP) is 1.73. The van der Waals surface area contributed by atoms with E-state index in [2.05, 4.69) is 21.9 Å². The van der Waals surface area contributed by atoms with Crippen molar-refractivity contribution < 1.29 is 4.74 Å². The Labute approximate surface area is 112 Å². The van der Waals surface area contributed by atoms with E-state index in [4.69, 9.17) is 4.74 Å². The molecule has 0 N–H and O–H groups in total. The molecule has 5 nitrogen and oxygen atoms in total. The number of pyridine rings is 1. The van der Waals surface area contributed by atoms with Crippen LogP contribution in [-0.4, -0.2) is 39.9 Å². The average molecular weight is 258 g/mol. The fourth-order valence-electron chi connectivity index (χ4n) is 2.83. The highest BCUT2D eigenvalue weighted by Gasteiger charge is 2.38. The van der Waals surface area contributed by atoms with Crippen LogP contribution in [0.3, 0.4) is 0 Å². The first-order valence-electron chi connectivity index (χ1n) is 7.01. The lowest BCUT2D eigenvalue weighted by molar-refractivity contribution is -0.0275. The van der Waals surface area contributed by atoms with Crippen LogP contribution < -0.4 is 4.90 Å². The molecule has 1 saturated heterocycles. The van der Waals surface area contributed by atoms with E-state index in [9.17, 15) is 0 Å². The van der Waals surface area contributed by atoms with Crippen LogP contribution in [0.4, 0.5) is 5.95 Å². The van der Waals surface area contributed by atoms with Crippen molar-refractivity contribution in [3.8, 4) is 0 Å². The van der Waals surface area contributed by atoms with Gasteiger partial charge in [0, 0.05) is 19.3 Å². The van der Waals surface area contributed by atoms with Crippen LogP contribution in [0.5, 0.6) is 0 Å². The maximum atomic E-state index is 6.03. The lowest BCUT2D eigenvalue weighted by atomic mass is 10.1. The molecule has 0 aromatic carbocycles. The molecule has 1 saturated carbocycles. The van der Waals surface area contributed by atoms with Crippen LogP contribution in [0, 0.1) is 5.92 Å². The first-order valence-corrected chi connectivity index (χ1v) is 7.01. The molecule has 2 aromatic rings. The van der Waals surface area contributed by atoms with Gasteiger partial charge >= 0.3 is 0 Å². The fraction of sp³-hybridized carbons (Fsp3) is 0.571. The summed E-state index contributed by atoms with van der Waals surface area (Å²) < 4.78 is 7.87. The van der Waals surface area contributed by atoms with Gasteiger partial charge in [-0.2, -0.15) is 4.98 Å². The molecule has 4 rings (SSSR count). The molecule has 19 heavy (non-hydrogen) atoms. The Balaban J connectivity index is 1.62. The first kappa shape index (κ1) is 11.2. The summed E-state index contributed by atoms with van der Waals surface area (Å²) in [6.45, 7) is 3.93. The second-order valence-electron chi connectivity index (χ2n) is 5.64. The van der Waals surface area contributed by atoms with Gasteiger partial charge in [-0.3, -0.25) is 0 Å². The summed E-state index contributed by atoms with van der Waals surface area (Å²) in [5.41, 5.74) is 0.902. The Morgan fingerprint density at radius 3 is 2.95 bits per heavy atom. The number of aromatic nitrogens is 3. The molecule has 2 fully saturated rings. The minimum Gasteiger partial charge on any atom is -0.371 e. The van der Waals surface area contributed by atoms with Crippen LogP contribution in [0.2, 0.25) is 0 Å². The summed E-state index contributed by atoms with van der Waals surface area (Å²) >= 11 is 0. The van der Waals surface area contributed by atoms with Crippen LogP contribution in [0.1, 0.15) is 19.8 Å². The molecule has 2 atom stereocenters. The highest BCUT2D eigenvalue weighted by atomic mass is 16.5. The lowest BCUT2D eigenvalue weighted by Gasteiger charge is -2.36. The Hall–Kier alpha value is -1.62. The third kappa shape index (κ3) is 2.08. The largest absolute Gasteiger partial charge is 0.371 e. The highest BCUT2D eigenvalue weighted by molar-refractivity contribution is 5.44. The minimum absolute atomic E-state index is 0.256. The Bertz CT molecular complexity index is 559. The van der Waals surface area contributed by atoms with Crippen LogP contribution in [-0.2, 0) is 4.74 Å². The van der Waals surface area contributed by atoms with Gasteiger partial charge in [-0.1, -0.05) is 6.07 Å². The summed E-state index contributed by atoms with van der Waals surface area (Å²) in [5.74, 6) is 1.58. The van der Waals surface area contributed by atoms with E-state index in [1.54, 1.807) is 0 Å². The fourth-order valence-corrected chi connectivity index (χ4v) is 2.83. The smallest absolute Gasteiger partial charge is 0.245 e. The van der Waals surface area contributed by atoms with Gasteiger partial charge in [0.2, 0.25) is 5.95 Å². The number of hydrogen-bond donors (Lipinski definition) is 0. The first-order chi connectivity index (χ1) is 9.29. The van der Waals surface area contributed by atoms with Crippen molar-refractivity contribution in [3.63, 3.8) is 0 Å². The number of fused-ring (bicyclic) bond motifs is 1. The maximum Gasteiger partial charge on any atom is 0.245 e. The monoisotopic (exact) mass is 258 g/mol. The van der Waals surface area contributed by atoms with Crippen molar-refractivity contribution in [2.75, 3.05) is 18.0 Å². The molecule has 5 heteroatoms. The van der Waals surface area contributed by atoms with Gasteiger partial charge in [0.25, 0.3) is 0 Å². The number of morpholine rings is 1. The number of hydrogen-bond acceptors (Lipinski definition) is 4. The third-order valence-electron chi connectivity index (χ3n) is 3.95. The molecule has 2 aromatic heterocycles. The zero-order valence-electron chi connectivity index (χ0n) is 11.1. The summed E-state index contributed by atoms with van der Waals surface area (Å²) in [6.07, 6.45) is 5.17. The van der Waals surface area contributed by atoms with E-state index in [1.807, 2.05) is 28.9 Å². The maximum absolute atomic E-state index is 6.03. The zero-order valence-corrected chi connectivity index (χ0v) is 11.1. The molecule has 3 heterocycles. The molecule has 0 spiro atoms. The van der Waals surface area contributed by atoms with Gasteiger partial charge in [0.15, 0.2) is 5.65 Å². The molecular weight excluding hydrogens is 240 g/mol.